The second-order valence-electron chi connectivity index (χ2n) is 3.31. The summed E-state index contributed by atoms with van der Waals surface area (Å²) < 4.78 is 6.37. The minimum atomic E-state index is -1.08. The highest BCUT2D eigenvalue weighted by Crippen LogP contribution is 2.24. The van der Waals surface area contributed by atoms with E-state index in [9.17, 15) is 4.79 Å². The van der Waals surface area contributed by atoms with Gasteiger partial charge in [0.15, 0.2) is 5.69 Å². The Kier molecular flexibility index (Phi) is 2.49. The van der Waals surface area contributed by atoms with Gasteiger partial charge < -0.3 is 15.6 Å². The SMILES string of the molecule is COCn1nc(C(=O)O)c2cccc(N)c21. The molecule has 6 nitrogen and oxygen atoms in total. The fraction of sp³-hybridized carbons (Fsp3) is 0.200. The van der Waals surface area contributed by atoms with Crippen molar-refractivity contribution in [2.45, 2.75) is 6.73 Å². The summed E-state index contributed by atoms with van der Waals surface area (Å²) in [5, 5.41) is 13.5. The van der Waals surface area contributed by atoms with Crippen LogP contribution in [0.15, 0.2) is 18.2 Å². The number of hydrogen-bond donors (Lipinski definition) is 2. The molecule has 0 fully saturated rings. The Bertz CT molecular complexity index is 547. The first-order chi connectivity index (χ1) is 7.65. The maximum atomic E-state index is 11.0. The first kappa shape index (κ1) is 10.4. The molecule has 0 bridgehead atoms. The summed E-state index contributed by atoms with van der Waals surface area (Å²) >= 11 is 0. The van der Waals surface area contributed by atoms with E-state index in [1.54, 1.807) is 18.2 Å². The topological polar surface area (TPSA) is 90.4 Å². The highest BCUT2D eigenvalue weighted by Gasteiger charge is 2.17. The van der Waals surface area contributed by atoms with Gasteiger partial charge in [0.05, 0.1) is 11.2 Å². The highest BCUT2D eigenvalue weighted by molar-refractivity contribution is 6.04. The molecule has 0 radical (unpaired) electrons. The van der Waals surface area contributed by atoms with E-state index < -0.39 is 5.97 Å². The van der Waals surface area contributed by atoms with Gasteiger partial charge in [-0.2, -0.15) is 5.10 Å². The Hall–Kier alpha value is -2.08. The molecular weight excluding hydrogens is 210 g/mol. The molecule has 0 aliphatic carbocycles. The van der Waals surface area contributed by atoms with Gasteiger partial charge >= 0.3 is 5.97 Å². The second-order valence-corrected chi connectivity index (χ2v) is 3.31. The van der Waals surface area contributed by atoms with E-state index in [2.05, 4.69) is 5.10 Å². The zero-order valence-electron chi connectivity index (χ0n) is 8.67. The number of nitrogen functional groups attached to an aromatic ring is 1. The number of ether oxygens (including phenoxy) is 1. The minimum absolute atomic E-state index is 0.0145. The molecule has 1 aromatic heterocycles. The van der Waals surface area contributed by atoms with Crippen LogP contribution in [0.1, 0.15) is 10.5 Å². The van der Waals surface area contributed by atoms with Crippen LogP contribution in [0.4, 0.5) is 5.69 Å². The Balaban J connectivity index is 2.76. The zero-order valence-corrected chi connectivity index (χ0v) is 8.67. The van der Waals surface area contributed by atoms with Crippen LogP contribution in [0.25, 0.3) is 10.9 Å². The lowest BCUT2D eigenvalue weighted by molar-refractivity contribution is 0.0687. The lowest BCUT2D eigenvalue weighted by Gasteiger charge is -2.02. The number of rotatable bonds is 3. The summed E-state index contributed by atoms with van der Waals surface area (Å²) in [5.41, 5.74) is 6.84. The van der Waals surface area contributed by atoms with Gasteiger partial charge in [-0.05, 0) is 6.07 Å². The summed E-state index contributed by atoms with van der Waals surface area (Å²) in [7, 11) is 1.51. The van der Waals surface area contributed by atoms with Crippen molar-refractivity contribution in [3.05, 3.63) is 23.9 Å². The maximum absolute atomic E-state index is 11.0. The minimum Gasteiger partial charge on any atom is -0.476 e. The first-order valence-corrected chi connectivity index (χ1v) is 4.62. The number of carbonyl (C=O) groups is 1. The number of nitrogens with two attached hydrogens (primary N) is 1. The molecule has 2 aromatic rings. The molecule has 1 aromatic carbocycles. The van der Waals surface area contributed by atoms with Crippen molar-refractivity contribution in [1.82, 2.24) is 9.78 Å². The van der Waals surface area contributed by atoms with Gasteiger partial charge in [-0.1, -0.05) is 12.1 Å². The molecule has 0 aliphatic heterocycles. The van der Waals surface area contributed by atoms with Crippen LogP contribution in [0, 0.1) is 0 Å². The van der Waals surface area contributed by atoms with Gasteiger partial charge in [0, 0.05) is 12.5 Å². The van der Waals surface area contributed by atoms with E-state index in [1.807, 2.05) is 0 Å². The van der Waals surface area contributed by atoms with Crippen LogP contribution in [0.2, 0.25) is 0 Å². The van der Waals surface area contributed by atoms with Gasteiger partial charge in [0.1, 0.15) is 6.73 Å². The number of aromatic nitrogens is 2. The van der Waals surface area contributed by atoms with E-state index in [4.69, 9.17) is 15.6 Å². The van der Waals surface area contributed by atoms with Crippen molar-refractivity contribution >= 4 is 22.6 Å². The largest absolute Gasteiger partial charge is 0.476 e. The van der Waals surface area contributed by atoms with E-state index in [-0.39, 0.29) is 12.4 Å². The molecule has 0 saturated heterocycles. The molecule has 6 heteroatoms. The quantitative estimate of drug-likeness (QED) is 0.752. The van der Waals surface area contributed by atoms with Crippen molar-refractivity contribution in [3.8, 4) is 0 Å². The fourth-order valence-corrected chi connectivity index (χ4v) is 1.64. The molecule has 0 unspecified atom stereocenters. The number of nitrogens with zero attached hydrogens (tertiary/aromatic N) is 2. The van der Waals surface area contributed by atoms with Crippen molar-refractivity contribution in [2.24, 2.45) is 0 Å². The van der Waals surface area contributed by atoms with Crippen LogP contribution in [-0.4, -0.2) is 28.0 Å². The normalized spacial score (nSPS) is 10.8. The number of carboxylic acids is 1. The van der Waals surface area contributed by atoms with E-state index in [0.29, 0.717) is 16.6 Å². The summed E-state index contributed by atoms with van der Waals surface area (Å²) in [6, 6.07) is 5.07. The fourth-order valence-electron chi connectivity index (χ4n) is 1.64. The van der Waals surface area contributed by atoms with Crippen molar-refractivity contribution in [2.75, 3.05) is 12.8 Å². The van der Waals surface area contributed by atoms with Crippen molar-refractivity contribution < 1.29 is 14.6 Å². The van der Waals surface area contributed by atoms with Gasteiger partial charge in [-0.3, -0.25) is 0 Å². The van der Waals surface area contributed by atoms with Crippen molar-refractivity contribution in [3.63, 3.8) is 0 Å². The molecule has 2 rings (SSSR count). The molecular formula is C10H11N3O3. The standard InChI is InChI=1S/C10H11N3O3/c1-16-5-13-9-6(3-2-4-7(9)11)8(12-13)10(14)15/h2-4H,5,11H2,1H3,(H,14,15). The summed E-state index contributed by atoms with van der Waals surface area (Å²) in [4.78, 5) is 11.0. The van der Waals surface area contributed by atoms with Gasteiger partial charge in [0.2, 0.25) is 0 Å². The van der Waals surface area contributed by atoms with Crippen LogP contribution in [0.5, 0.6) is 0 Å². The number of fused-ring (bicyclic) bond motifs is 1. The Labute approximate surface area is 91.2 Å². The average Bonchev–Trinajstić information content (AvgIpc) is 2.59. The monoisotopic (exact) mass is 221 g/mol. The molecule has 0 amide bonds. The molecule has 0 aliphatic rings. The zero-order chi connectivity index (χ0) is 11.7. The number of benzene rings is 1. The predicted octanol–water partition coefficient (Wildman–Crippen LogP) is 0.921. The number of carboxylic acid groups (broad SMARTS) is 1. The number of hydrogen-bond acceptors (Lipinski definition) is 4. The molecule has 0 saturated carbocycles. The lowest BCUT2D eigenvalue weighted by Crippen LogP contribution is -2.05. The Morgan fingerprint density at radius 2 is 2.38 bits per heavy atom. The molecule has 16 heavy (non-hydrogen) atoms. The summed E-state index contributed by atoms with van der Waals surface area (Å²) in [6.07, 6.45) is 0. The number of anilines is 1. The molecule has 0 atom stereocenters. The van der Waals surface area contributed by atoms with E-state index in [0.717, 1.165) is 0 Å². The number of aromatic carboxylic acids is 1. The molecule has 3 N–H and O–H groups in total. The second kappa shape index (κ2) is 3.82. The Morgan fingerprint density at radius 1 is 1.62 bits per heavy atom. The third kappa shape index (κ3) is 1.49. The van der Waals surface area contributed by atoms with Gasteiger partial charge in [0.25, 0.3) is 0 Å². The van der Waals surface area contributed by atoms with E-state index >= 15 is 0 Å². The van der Waals surface area contributed by atoms with Crippen LogP contribution in [-0.2, 0) is 11.5 Å². The summed E-state index contributed by atoms with van der Waals surface area (Å²) in [5.74, 6) is -1.08. The lowest BCUT2D eigenvalue weighted by atomic mass is 10.2. The average molecular weight is 221 g/mol. The molecule has 0 spiro atoms. The van der Waals surface area contributed by atoms with E-state index in [1.165, 1.54) is 11.8 Å². The highest BCUT2D eigenvalue weighted by atomic mass is 16.5. The van der Waals surface area contributed by atoms with Crippen LogP contribution < -0.4 is 5.73 Å². The van der Waals surface area contributed by atoms with Gasteiger partial charge in [-0.25, -0.2) is 9.48 Å². The Morgan fingerprint density at radius 3 is 3.00 bits per heavy atom. The van der Waals surface area contributed by atoms with Gasteiger partial charge in [-0.15, -0.1) is 0 Å². The first-order valence-electron chi connectivity index (χ1n) is 4.62. The number of para-hydroxylation sites is 1. The molecule has 1 heterocycles. The third-order valence-corrected chi connectivity index (χ3v) is 2.26. The van der Waals surface area contributed by atoms with Crippen LogP contribution >= 0.6 is 0 Å². The molecule has 84 valence electrons. The number of methoxy groups -OCH3 is 1. The smallest absolute Gasteiger partial charge is 0.357 e. The third-order valence-electron chi connectivity index (χ3n) is 2.26. The predicted molar refractivity (Wildman–Crippen MR) is 58.1 cm³/mol. The maximum Gasteiger partial charge on any atom is 0.357 e. The summed E-state index contributed by atoms with van der Waals surface area (Å²) in [6.45, 7) is 0.165. The van der Waals surface area contributed by atoms with Crippen molar-refractivity contribution in [1.29, 1.82) is 0 Å². The van der Waals surface area contributed by atoms with Crippen LogP contribution in [0.3, 0.4) is 0 Å².